The SMILES string of the molecule is C=C=C(O)c1cc(CCc2ccccc2)cc(CCc2ccccc2)c1. The van der Waals surface area contributed by atoms with E-state index in [0.717, 1.165) is 31.2 Å². The number of benzene rings is 3. The summed E-state index contributed by atoms with van der Waals surface area (Å²) in [5, 5.41) is 10.1. The highest BCUT2D eigenvalue weighted by Crippen LogP contribution is 2.19. The van der Waals surface area contributed by atoms with E-state index in [1.54, 1.807) is 0 Å². The Morgan fingerprint density at radius 1 is 0.654 bits per heavy atom. The Hall–Kier alpha value is -3.02. The Labute approximate surface area is 156 Å². The molecule has 130 valence electrons. The van der Waals surface area contributed by atoms with Crippen molar-refractivity contribution in [3.8, 4) is 0 Å². The second-order valence-corrected chi connectivity index (χ2v) is 6.53. The Morgan fingerprint density at radius 3 is 1.50 bits per heavy atom. The topological polar surface area (TPSA) is 20.2 Å². The summed E-state index contributed by atoms with van der Waals surface area (Å²) in [5.41, 5.74) is 8.52. The van der Waals surface area contributed by atoms with E-state index in [1.807, 2.05) is 24.3 Å². The van der Waals surface area contributed by atoms with Gasteiger partial charge in [0.15, 0.2) is 5.76 Å². The molecule has 1 heteroatoms. The first-order valence-electron chi connectivity index (χ1n) is 9.04. The van der Waals surface area contributed by atoms with Crippen LogP contribution >= 0.6 is 0 Å². The van der Waals surface area contributed by atoms with Gasteiger partial charge in [0.2, 0.25) is 0 Å². The molecule has 0 saturated heterocycles. The van der Waals surface area contributed by atoms with Crippen LogP contribution < -0.4 is 0 Å². The van der Waals surface area contributed by atoms with Crippen molar-refractivity contribution in [3.63, 3.8) is 0 Å². The molecule has 0 aliphatic rings. The van der Waals surface area contributed by atoms with Gasteiger partial charge in [0.25, 0.3) is 0 Å². The van der Waals surface area contributed by atoms with Crippen molar-refractivity contribution in [2.24, 2.45) is 0 Å². The van der Waals surface area contributed by atoms with E-state index in [4.69, 9.17) is 0 Å². The van der Waals surface area contributed by atoms with Crippen molar-refractivity contribution >= 4 is 5.76 Å². The fourth-order valence-electron chi connectivity index (χ4n) is 3.16. The van der Waals surface area contributed by atoms with Crippen molar-refractivity contribution in [3.05, 3.63) is 119 Å². The van der Waals surface area contributed by atoms with Crippen LogP contribution in [0.25, 0.3) is 5.76 Å². The third kappa shape index (κ3) is 4.99. The molecule has 1 nitrogen and oxygen atoms in total. The highest BCUT2D eigenvalue weighted by atomic mass is 16.3. The van der Waals surface area contributed by atoms with Crippen molar-refractivity contribution in [1.82, 2.24) is 0 Å². The molecule has 0 heterocycles. The van der Waals surface area contributed by atoms with E-state index in [0.29, 0.717) is 0 Å². The summed E-state index contributed by atoms with van der Waals surface area (Å²) in [6.45, 7) is 3.57. The fourth-order valence-corrected chi connectivity index (χ4v) is 3.16. The quantitative estimate of drug-likeness (QED) is 0.417. The van der Waals surface area contributed by atoms with E-state index in [9.17, 15) is 5.11 Å². The third-order valence-electron chi connectivity index (χ3n) is 4.58. The average molecular weight is 340 g/mol. The van der Waals surface area contributed by atoms with Crippen molar-refractivity contribution in [2.75, 3.05) is 0 Å². The van der Waals surface area contributed by atoms with E-state index in [-0.39, 0.29) is 5.76 Å². The van der Waals surface area contributed by atoms with E-state index in [2.05, 4.69) is 66.9 Å². The molecule has 0 bridgehead atoms. The second kappa shape index (κ2) is 8.89. The lowest BCUT2D eigenvalue weighted by atomic mass is 9.96. The molecule has 0 aliphatic heterocycles. The van der Waals surface area contributed by atoms with Crippen LogP contribution in [0.2, 0.25) is 0 Å². The molecule has 26 heavy (non-hydrogen) atoms. The molecule has 0 amide bonds. The molecule has 0 atom stereocenters. The van der Waals surface area contributed by atoms with Crippen molar-refractivity contribution < 1.29 is 5.11 Å². The smallest absolute Gasteiger partial charge is 0.166 e. The lowest BCUT2D eigenvalue weighted by molar-refractivity contribution is 0.512. The van der Waals surface area contributed by atoms with Crippen molar-refractivity contribution in [1.29, 1.82) is 0 Å². The van der Waals surface area contributed by atoms with Crippen LogP contribution in [-0.4, -0.2) is 5.11 Å². The van der Waals surface area contributed by atoms with Gasteiger partial charge in [-0.2, -0.15) is 0 Å². The van der Waals surface area contributed by atoms with Gasteiger partial charge in [0.1, 0.15) is 0 Å². The molecular weight excluding hydrogens is 316 g/mol. The predicted molar refractivity (Wildman–Crippen MR) is 109 cm³/mol. The number of rotatable bonds is 7. The zero-order valence-corrected chi connectivity index (χ0v) is 15.0. The first-order valence-corrected chi connectivity index (χ1v) is 9.04. The van der Waals surface area contributed by atoms with E-state index >= 15 is 0 Å². The molecular formula is C25H24O. The molecule has 0 spiro atoms. The van der Waals surface area contributed by atoms with Gasteiger partial charge in [-0.15, -0.1) is 0 Å². The summed E-state index contributed by atoms with van der Waals surface area (Å²) in [5.74, 6) is 0.118. The zero-order chi connectivity index (χ0) is 18.2. The number of aliphatic hydroxyl groups excluding tert-OH is 1. The first-order chi connectivity index (χ1) is 12.7. The molecule has 0 unspecified atom stereocenters. The molecule has 1 N–H and O–H groups in total. The van der Waals surface area contributed by atoms with Gasteiger partial charge in [0.05, 0.1) is 0 Å². The van der Waals surface area contributed by atoms with Crippen LogP contribution in [0.1, 0.15) is 27.8 Å². The van der Waals surface area contributed by atoms with E-state index in [1.165, 1.54) is 22.3 Å². The molecule has 3 rings (SSSR count). The fraction of sp³-hybridized carbons (Fsp3) is 0.160. The number of hydrogen-bond donors (Lipinski definition) is 1. The molecule has 3 aromatic rings. The average Bonchev–Trinajstić information content (AvgIpc) is 2.71. The van der Waals surface area contributed by atoms with Gasteiger partial charge in [-0.05, 0) is 60.1 Å². The number of aliphatic hydroxyl groups is 1. The third-order valence-corrected chi connectivity index (χ3v) is 4.58. The molecule has 0 aromatic heterocycles. The molecule has 0 saturated carbocycles. The standard InChI is InChI=1S/C25H24O/c1-2-25(26)24-18-22(15-13-20-9-5-3-6-10-20)17-23(19-24)16-14-21-11-7-4-8-12-21/h3-12,17-19,26H,1,13-16H2. The normalized spacial score (nSPS) is 10.3. The molecule has 0 fully saturated rings. The molecule has 0 aliphatic carbocycles. The van der Waals surface area contributed by atoms with Gasteiger partial charge in [-0.3, -0.25) is 0 Å². The largest absolute Gasteiger partial charge is 0.501 e. The van der Waals surface area contributed by atoms with Gasteiger partial charge >= 0.3 is 0 Å². The number of hydrogen-bond acceptors (Lipinski definition) is 1. The minimum atomic E-state index is 0.118. The Morgan fingerprint density at radius 2 is 1.08 bits per heavy atom. The van der Waals surface area contributed by atoms with Crippen LogP contribution in [0.3, 0.4) is 0 Å². The van der Waals surface area contributed by atoms with Gasteiger partial charge in [-0.1, -0.05) is 79.0 Å². The maximum atomic E-state index is 10.1. The summed E-state index contributed by atoms with van der Waals surface area (Å²) in [6.07, 6.45) is 3.86. The summed E-state index contributed by atoms with van der Waals surface area (Å²) >= 11 is 0. The second-order valence-electron chi connectivity index (χ2n) is 6.53. The summed E-state index contributed by atoms with van der Waals surface area (Å²) < 4.78 is 0. The minimum absolute atomic E-state index is 0.118. The summed E-state index contributed by atoms with van der Waals surface area (Å²) in [6, 6.07) is 27.3. The first kappa shape index (κ1) is 17.8. The van der Waals surface area contributed by atoms with E-state index < -0.39 is 0 Å². The lowest BCUT2D eigenvalue weighted by Gasteiger charge is -2.10. The maximum absolute atomic E-state index is 10.1. The Kier molecular flexibility index (Phi) is 6.09. The lowest BCUT2D eigenvalue weighted by Crippen LogP contribution is -1.98. The van der Waals surface area contributed by atoms with Crippen LogP contribution in [0.15, 0.2) is 91.2 Å². The Bertz CT molecular complexity index is 826. The monoisotopic (exact) mass is 340 g/mol. The van der Waals surface area contributed by atoms with Crippen LogP contribution in [-0.2, 0) is 25.7 Å². The number of aryl methyl sites for hydroxylation is 4. The minimum Gasteiger partial charge on any atom is -0.501 e. The molecule has 3 aromatic carbocycles. The summed E-state index contributed by atoms with van der Waals surface area (Å²) in [4.78, 5) is 0. The van der Waals surface area contributed by atoms with Gasteiger partial charge in [0, 0.05) is 5.56 Å². The van der Waals surface area contributed by atoms with Gasteiger partial charge in [-0.25, -0.2) is 0 Å². The Balaban J connectivity index is 1.78. The molecule has 0 radical (unpaired) electrons. The highest BCUT2D eigenvalue weighted by Gasteiger charge is 2.06. The zero-order valence-electron chi connectivity index (χ0n) is 15.0. The van der Waals surface area contributed by atoms with Crippen LogP contribution in [0.4, 0.5) is 0 Å². The van der Waals surface area contributed by atoms with Crippen LogP contribution in [0.5, 0.6) is 0 Å². The maximum Gasteiger partial charge on any atom is 0.166 e. The summed E-state index contributed by atoms with van der Waals surface area (Å²) in [7, 11) is 0. The van der Waals surface area contributed by atoms with Crippen molar-refractivity contribution in [2.45, 2.75) is 25.7 Å². The van der Waals surface area contributed by atoms with Crippen LogP contribution in [0, 0.1) is 0 Å². The highest BCUT2D eigenvalue weighted by molar-refractivity contribution is 5.59. The van der Waals surface area contributed by atoms with Gasteiger partial charge < -0.3 is 5.11 Å². The predicted octanol–water partition coefficient (Wildman–Crippen LogP) is 5.94.